The molecule has 4 rings (SSSR count). The third-order valence-corrected chi connectivity index (χ3v) is 6.37. The van der Waals surface area contributed by atoms with Crippen LogP contribution in [0.3, 0.4) is 0 Å². The molecule has 3 aromatic rings. The van der Waals surface area contributed by atoms with Crippen LogP contribution in [0.4, 0.5) is 14.9 Å². The van der Waals surface area contributed by atoms with Gasteiger partial charge in [-0.05, 0) is 60.7 Å². The number of nitrogens with one attached hydrogen (secondary N) is 1. The van der Waals surface area contributed by atoms with Crippen LogP contribution < -0.4 is 19.5 Å². The van der Waals surface area contributed by atoms with Gasteiger partial charge < -0.3 is 19.5 Å². The minimum Gasteiger partial charge on any atom is -0.493 e. The number of benzene rings is 3. The molecule has 0 atom stereocenters. The predicted molar refractivity (Wildman–Crippen MR) is 143 cm³/mol. The van der Waals surface area contributed by atoms with Gasteiger partial charge in [0.2, 0.25) is 0 Å². The van der Waals surface area contributed by atoms with Crippen LogP contribution in [0.25, 0.3) is 6.08 Å². The number of methoxy groups -OCH3 is 1. The molecular weight excluding hydrogens is 511 g/mol. The monoisotopic (exact) mass is 536 g/mol. The van der Waals surface area contributed by atoms with Gasteiger partial charge in [-0.3, -0.25) is 19.3 Å². The summed E-state index contributed by atoms with van der Waals surface area (Å²) in [5.41, 5.74) is 1.37. The Bertz CT molecular complexity index is 1390. The molecule has 1 aliphatic rings. The van der Waals surface area contributed by atoms with Gasteiger partial charge in [0, 0.05) is 5.56 Å². The molecule has 1 saturated heterocycles. The molecule has 0 spiro atoms. The van der Waals surface area contributed by atoms with Crippen LogP contribution in [0, 0.1) is 5.82 Å². The number of nitrogens with zero attached hydrogens (tertiary/aromatic N) is 1. The van der Waals surface area contributed by atoms with Crippen molar-refractivity contribution in [3.63, 3.8) is 0 Å². The summed E-state index contributed by atoms with van der Waals surface area (Å²) in [5, 5.41) is 2.28. The molecule has 3 amide bonds. The molecule has 38 heavy (non-hydrogen) atoms. The van der Waals surface area contributed by atoms with Crippen LogP contribution in [0.2, 0.25) is 0 Å². The number of hydrogen-bond acceptors (Lipinski definition) is 7. The summed E-state index contributed by atoms with van der Waals surface area (Å²) in [6, 6.07) is 18.0. The van der Waals surface area contributed by atoms with Crippen LogP contribution in [-0.4, -0.2) is 42.3 Å². The van der Waals surface area contributed by atoms with Crippen LogP contribution in [-0.2, 0) is 16.1 Å². The van der Waals surface area contributed by atoms with E-state index in [1.807, 2.05) is 13.0 Å². The molecule has 8 nitrogen and oxygen atoms in total. The van der Waals surface area contributed by atoms with E-state index >= 15 is 0 Å². The zero-order valence-corrected chi connectivity index (χ0v) is 21.5. The largest absolute Gasteiger partial charge is 0.493 e. The maximum Gasteiger partial charge on any atom is 0.293 e. The Balaban J connectivity index is 1.42. The molecule has 1 heterocycles. The van der Waals surface area contributed by atoms with Crippen molar-refractivity contribution < 1.29 is 33.0 Å². The average Bonchev–Trinajstić information content (AvgIpc) is 3.17. The van der Waals surface area contributed by atoms with Gasteiger partial charge in [-0.1, -0.05) is 36.4 Å². The first kappa shape index (κ1) is 26.7. The van der Waals surface area contributed by atoms with Crippen molar-refractivity contribution in [2.45, 2.75) is 13.5 Å². The van der Waals surface area contributed by atoms with Crippen molar-refractivity contribution in [1.82, 2.24) is 4.90 Å². The quantitative estimate of drug-likeness (QED) is 0.343. The molecular formula is C28H25FN2O6S. The van der Waals surface area contributed by atoms with E-state index in [1.54, 1.807) is 54.6 Å². The first-order valence-electron chi connectivity index (χ1n) is 11.7. The van der Waals surface area contributed by atoms with E-state index in [9.17, 15) is 18.8 Å². The fourth-order valence-electron chi connectivity index (χ4n) is 3.66. The number of thioether (sulfide) groups is 1. The van der Waals surface area contributed by atoms with Gasteiger partial charge in [-0.15, -0.1) is 0 Å². The number of carbonyl (C=O) groups excluding carboxylic acids is 3. The summed E-state index contributed by atoms with van der Waals surface area (Å²) < 4.78 is 30.6. The van der Waals surface area contributed by atoms with E-state index in [-0.39, 0.29) is 29.5 Å². The highest BCUT2D eigenvalue weighted by atomic mass is 32.2. The average molecular weight is 537 g/mol. The van der Waals surface area contributed by atoms with Gasteiger partial charge >= 0.3 is 0 Å². The SMILES string of the molecule is CCOc1ccccc1NC(=O)COc1ccc(/C=C2\SC(=O)N(Cc3ccccc3F)C2=O)cc1OC. The van der Waals surface area contributed by atoms with Crippen molar-refractivity contribution in [2.24, 2.45) is 0 Å². The third kappa shape index (κ3) is 6.33. The van der Waals surface area contributed by atoms with Crippen molar-refractivity contribution in [1.29, 1.82) is 0 Å². The second-order valence-electron chi connectivity index (χ2n) is 8.04. The highest BCUT2D eigenvalue weighted by molar-refractivity contribution is 8.18. The Morgan fingerprint density at radius 1 is 1.00 bits per heavy atom. The molecule has 0 radical (unpaired) electrons. The molecule has 0 aliphatic carbocycles. The molecule has 1 N–H and O–H groups in total. The zero-order valence-electron chi connectivity index (χ0n) is 20.7. The Kier molecular flexibility index (Phi) is 8.65. The number of imide groups is 1. The molecule has 0 bridgehead atoms. The lowest BCUT2D eigenvalue weighted by Crippen LogP contribution is -2.27. The molecule has 0 saturated carbocycles. The fourth-order valence-corrected chi connectivity index (χ4v) is 4.50. The number of anilines is 1. The summed E-state index contributed by atoms with van der Waals surface area (Å²) in [6.07, 6.45) is 1.55. The van der Waals surface area contributed by atoms with Gasteiger partial charge in [-0.25, -0.2) is 4.39 Å². The van der Waals surface area contributed by atoms with Crippen molar-refractivity contribution in [3.05, 3.63) is 88.6 Å². The number of hydrogen-bond donors (Lipinski definition) is 1. The Labute approximate surface area is 223 Å². The van der Waals surface area contributed by atoms with Crippen molar-refractivity contribution >= 4 is 40.6 Å². The molecule has 1 aliphatic heterocycles. The second kappa shape index (κ2) is 12.3. The number of carbonyl (C=O) groups is 3. The van der Waals surface area contributed by atoms with Gasteiger partial charge in [0.15, 0.2) is 18.1 Å². The van der Waals surface area contributed by atoms with Crippen LogP contribution in [0.15, 0.2) is 71.6 Å². The van der Waals surface area contributed by atoms with Crippen LogP contribution in [0.5, 0.6) is 17.2 Å². The molecule has 0 unspecified atom stereocenters. The topological polar surface area (TPSA) is 94.2 Å². The van der Waals surface area contributed by atoms with Crippen molar-refractivity contribution in [2.75, 3.05) is 25.6 Å². The van der Waals surface area contributed by atoms with Crippen LogP contribution in [0.1, 0.15) is 18.1 Å². The molecule has 0 aromatic heterocycles. The van der Waals surface area contributed by atoms with Crippen molar-refractivity contribution in [3.8, 4) is 17.2 Å². The standard InChI is InChI=1S/C28H25FN2O6S/c1-3-36-22-11-7-6-10-21(22)30-26(32)17-37-23-13-12-18(14-24(23)35-2)15-25-27(33)31(28(34)38-25)16-19-8-4-5-9-20(19)29/h4-15H,3,16-17H2,1-2H3,(H,30,32)/b25-15-. The number of halogens is 1. The maximum absolute atomic E-state index is 14.0. The highest BCUT2D eigenvalue weighted by Gasteiger charge is 2.35. The lowest BCUT2D eigenvalue weighted by atomic mass is 10.1. The molecule has 3 aromatic carbocycles. The first-order chi connectivity index (χ1) is 18.4. The number of ether oxygens (including phenoxy) is 3. The van der Waals surface area contributed by atoms with E-state index in [1.165, 1.54) is 19.2 Å². The van der Waals surface area contributed by atoms with Crippen LogP contribution >= 0.6 is 11.8 Å². The summed E-state index contributed by atoms with van der Waals surface area (Å²) in [7, 11) is 1.45. The van der Waals surface area contributed by atoms with E-state index in [0.717, 1.165) is 16.7 Å². The third-order valence-electron chi connectivity index (χ3n) is 5.47. The molecule has 1 fully saturated rings. The summed E-state index contributed by atoms with van der Waals surface area (Å²) >= 11 is 0.780. The second-order valence-corrected chi connectivity index (χ2v) is 9.03. The number of amides is 3. The summed E-state index contributed by atoms with van der Waals surface area (Å²) in [6.45, 7) is 1.90. The smallest absolute Gasteiger partial charge is 0.293 e. The van der Waals surface area contributed by atoms with E-state index in [4.69, 9.17) is 14.2 Å². The maximum atomic E-state index is 14.0. The number of rotatable bonds is 10. The van der Waals surface area contributed by atoms with Gasteiger partial charge in [0.05, 0.1) is 30.9 Å². The minimum absolute atomic E-state index is 0.151. The first-order valence-corrected chi connectivity index (χ1v) is 12.5. The Morgan fingerprint density at radius 3 is 2.53 bits per heavy atom. The highest BCUT2D eigenvalue weighted by Crippen LogP contribution is 2.35. The minimum atomic E-state index is -0.508. The van der Waals surface area contributed by atoms with E-state index in [2.05, 4.69) is 5.32 Å². The zero-order chi connectivity index (χ0) is 27.1. The lowest BCUT2D eigenvalue weighted by Gasteiger charge is -2.13. The van der Waals surface area contributed by atoms with Gasteiger partial charge in [0.25, 0.3) is 17.1 Å². The van der Waals surface area contributed by atoms with Gasteiger partial charge in [-0.2, -0.15) is 0 Å². The van der Waals surface area contributed by atoms with Gasteiger partial charge in [0.1, 0.15) is 11.6 Å². The predicted octanol–water partition coefficient (Wildman–Crippen LogP) is 5.49. The Hall–Kier alpha value is -4.31. The van der Waals surface area contributed by atoms with E-state index in [0.29, 0.717) is 35.1 Å². The fraction of sp³-hybridized carbons (Fsp3) is 0.179. The molecule has 10 heteroatoms. The lowest BCUT2D eigenvalue weighted by molar-refractivity contribution is -0.123. The normalized spacial score (nSPS) is 14.1. The molecule has 196 valence electrons. The van der Waals surface area contributed by atoms with E-state index < -0.39 is 17.0 Å². The summed E-state index contributed by atoms with van der Waals surface area (Å²) in [4.78, 5) is 38.9. The summed E-state index contributed by atoms with van der Waals surface area (Å²) in [5.74, 6) is -0.151. The Morgan fingerprint density at radius 2 is 1.76 bits per heavy atom. The number of para-hydroxylation sites is 2.